The van der Waals surface area contributed by atoms with Crippen molar-refractivity contribution in [1.29, 1.82) is 0 Å². The molecule has 5 rings (SSSR count). The van der Waals surface area contributed by atoms with Gasteiger partial charge < -0.3 is 14.4 Å². The number of benzene rings is 2. The fourth-order valence-corrected chi connectivity index (χ4v) is 5.13. The average molecular weight is 470 g/mol. The summed E-state index contributed by atoms with van der Waals surface area (Å²) in [5, 5.41) is 3.67. The normalized spacial score (nSPS) is 16.2. The van der Waals surface area contributed by atoms with Crippen molar-refractivity contribution in [3.8, 4) is 22.1 Å². The largest absolute Gasteiger partial charge is 0.486 e. The molecule has 2 aliphatic rings. The van der Waals surface area contributed by atoms with Crippen LogP contribution in [0.4, 0.5) is 0 Å². The molecule has 0 aliphatic carbocycles. The maximum absolute atomic E-state index is 12.9. The first-order valence-corrected chi connectivity index (χ1v) is 12.0. The van der Waals surface area contributed by atoms with E-state index < -0.39 is 0 Å². The first-order valence-electron chi connectivity index (χ1n) is 10.7. The number of rotatable bonds is 5. The minimum Gasteiger partial charge on any atom is -0.486 e. The van der Waals surface area contributed by atoms with Crippen LogP contribution in [0.15, 0.2) is 47.8 Å². The fourth-order valence-electron chi connectivity index (χ4n) is 4.03. The zero-order valence-corrected chi connectivity index (χ0v) is 19.2. The zero-order valence-electron chi connectivity index (χ0n) is 17.6. The smallest absolute Gasteiger partial charge is 0.227 e. The summed E-state index contributed by atoms with van der Waals surface area (Å²) in [6.45, 7) is 4.90. The third kappa shape index (κ3) is 4.75. The molecule has 0 spiro atoms. The lowest BCUT2D eigenvalue weighted by Crippen LogP contribution is -2.48. The second-order valence-corrected chi connectivity index (χ2v) is 9.21. The second-order valence-electron chi connectivity index (χ2n) is 7.95. The first-order chi connectivity index (χ1) is 15.7. The Morgan fingerprint density at radius 3 is 2.66 bits per heavy atom. The van der Waals surface area contributed by atoms with Crippen LogP contribution in [0.5, 0.6) is 11.5 Å². The van der Waals surface area contributed by atoms with E-state index in [-0.39, 0.29) is 5.91 Å². The molecule has 1 aromatic heterocycles. The van der Waals surface area contributed by atoms with Crippen molar-refractivity contribution < 1.29 is 14.3 Å². The lowest BCUT2D eigenvalue weighted by molar-refractivity contribution is -0.132. The number of hydrogen-bond donors (Lipinski definition) is 0. The Bertz CT molecular complexity index is 1100. The van der Waals surface area contributed by atoms with E-state index in [4.69, 9.17) is 26.1 Å². The minimum absolute atomic E-state index is 0.109. The molecule has 3 aromatic rings. The summed E-state index contributed by atoms with van der Waals surface area (Å²) in [5.41, 5.74) is 3.08. The molecule has 0 atom stereocenters. The topological polar surface area (TPSA) is 54.9 Å². The van der Waals surface area contributed by atoms with Crippen LogP contribution < -0.4 is 9.47 Å². The van der Waals surface area contributed by atoms with E-state index in [1.807, 2.05) is 29.2 Å². The standard InChI is InChI=1S/C24H24ClN3O3S/c25-20-12-17(13-21-23(20)31-11-10-30-21)14-22(29)28-8-6-27(7-9-28)15-19-16-32-24(26-19)18-4-2-1-3-5-18/h1-5,12-13,16H,6-11,14-15H2. The third-order valence-electron chi connectivity index (χ3n) is 5.70. The summed E-state index contributed by atoms with van der Waals surface area (Å²) in [6, 6.07) is 13.9. The van der Waals surface area contributed by atoms with Crippen LogP contribution in [0.3, 0.4) is 0 Å². The average Bonchev–Trinajstić information content (AvgIpc) is 3.29. The van der Waals surface area contributed by atoms with Crippen LogP contribution in [0.1, 0.15) is 11.3 Å². The maximum atomic E-state index is 12.9. The van der Waals surface area contributed by atoms with Crippen molar-refractivity contribution in [2.45, 2.75) is 13.0 Å². The van der Waals surface area contributed by atoms with Gasteiger partial charge in [0.25, 0.3) is 0 Å². The Labute approximate surface area is 196 Å². The van der Waals surface area contributed by atoms with E-state index in [2.05, 4.69) is 22.4 Å². The Morgan fingerprint density at radius 1 is 1.06 bits per heavy atom. The van der Waals surface area contributed by atoms with Crippen LogP contribution in [-0.4, -0.2) is 60.1 Å². The van der Waals surface area contributed by atoms with Gasteiger partial charge in [0.1, 0.15) is 18.2 Å². The number of fused-ring (bicyclic) bond motifs is 1. The number of thiazole rings is 1. The third-order valence-corrected chi connectivity index (χ3v) is 6.92. The summed E-state index contributed by atoms with van der Waals surface area (Å²) in [7, 11) is 0. The minimum atomic E-state index is 0.109. The number of hydrogen-bond acceptors (Lipinski definition) is 6. The number of carbonyl (C=O) groups is 1. The van der Waals surface area contributed by atoms with Crippen LogP contribution >= 0.6 is 22.9 Å². The van der Waals surface area contributed by atoms with Gasteiger partial charge in [-0.1, -0.05) is 41.9 Å². The Morgan fingerprint density at radius 2 is 1.84 bits per heavy atom. The molecule has 8 heteroatoms. The van der Waals surface area contributed by atoms with E-state index in [0.29, 0.717) is 49.2 Å². The molecule has 6 nitrogen and oxygen atoms in total. The molecule has 2 aliphatic heterocycles. The molecule has 0 N–H and O–H groups in total. The van der Waals surface area contributed by atoms with Crippen molar-refractivity contribution in [2.75, 3.05) is 39.4 Å². The summed E-state index contributed by atoms with van der Waals surface area (Å²) < 4.78 is 11.2. The lowest BCUT2D eigenvalue weighted by Gasteiger charge is -2.34. The molecule has 0 radical (unpaired) electrons. The van der Waals surface area contributed by atoms with Gasteiger partial charge in [-0.2, -0.15) is 0 Å². The van der Waals surface area contributed by atoms with Gasteiger partial charge >= 0.3 is 0 Å². The van der Waals surface area contributed by atoms with Gasteiger partial charge in [0.15, 0.2) is 11.5 Å². The van der Waals surface area contributed by atoms with Crippen LogP contribution in [0.25, 0.3) is 10.6 Å². The van der Waals surface area contributed by atoms with Gasteiger partial charge in [-0.25, -0.2) is 4.98 Å². The van der Waals surface area contributed by atoms with Crippen LogP contribution in [0, 0.1) is 0 Å². The molecular formula is C24H24ClN3O3S. The van der Waals surface area contributed by atoms with E-state index in [0.717, 1.165) is 41.5 Å². The van der Waals surface area contributed by atoms with Crippen LogP contribution in [-0.2, 0) is 17.8 Å². The zero-order chi connectivity index (χ0) is 21.9. The molecule has 1 amide bonds. The number of aromatic nitrogens is 1. The second kappa shape index (κ2) is 9.48. The molecular weight excluding hydrogens is 446 g/mol. The molecule has 1 saturated heterocycles. The van der Waals surface area contributed by atoms with Gasteiger partial charge in [-0.05, 0) is 17.7 Å². The summed E-state index contributed by atoms with van der Waals surface area (Å²) in [5.74, 6) is 1.30. The van der Waals surface area contributed by atoms with Crippen LogP contribution in [0.2, 0.25) is 5.02 Å². The predicted octanol–water partition coefficient (Wildman–Crippen LogP) is 4.12. The van der Waals surface area contributed by atoms with Gasteiger partial charge in [-0.3, -0.25) is 9.69 Å². The molecule has 0 saturated carbocycles. The molecule has 2 aromatic carbocycles. The predicted molar refractivity (Wildman–Crippen MR) is 126 cm³/mol. The number of nitrogens with zero attached hydrogens (tertiary/aromatic N) is 3. The molecule has 32 heavy (non-hydrogen) atoms. The highest BCUT2D eigenvalue weighted by Crippen LogP contribution is 2.38. The first kappa shape index (κ1) is 21.2. The highest BCUT2D eigenvalue weighted by atomic mass is 35.5. The van der Waals surface area contributed by atoms with E-state index in [1.165, 1.54) is 0 Å². The van der Waals surface area contributed by atoms with Crippen molar-refractivity contribution in [2.24, 2.45) is 0 Å². The van der Waals surface area contributed by atoms with E-state index >= 15 is 0 Å². The van der Waals surface area contributed by atoms with Gasteiger partial charge in [0, 0.05) is 43.7 Å². The van der Waals surface area contributed by atoms with Gasteiger partial charge in [0.2, 0.25) is 5.91 Å². The number of halogens is 1. The van der Waals surface area contributed by atoms with Gasteiger partial charge in [0.05, 0.1) is 17.1 Å². The summed E-state index contributed by atoms with van der Waals surface area (Å²) >= 11 is 7.99. The highest BCUT2D eigenvalue weighted by molar-refractivity contribution is 7.13. The number of piperazine rings is 1. The van der Waals surface area contributed by atoms with E-state index in [1.54, 1.807) is 17.4 Å². The monoisotopic (exact) mass is 469 g/mol. The van der Waals surface area contributed by atoms with Crippen molar-refractivity contribution >= 4 is 28.8 Å². The molecule has 3 heterocycles. The summed E-state index contributed by atoms with van der Waals surface area (Å²) in [4.78, 5) is 21.9. The molecule has 0 unspecified atom stereocenters. The number of amides is 1. The maximum Gasteiger partial charge on any atom is 0.227 e. The van der Waals surface area contributed by atoms with Crippen molar-refractivity contribution in [3.05, 3.63) is 64.1 Å². The molecule has 166 valence electrons. The fraction of sp³-hybridized carbons (Fsp3) is 0.333. The number of carbonyl (C=O) groups excluding carboxylic acids is 1. The Balaban J connectivity index is 1.14. The molecule has 0 bridgehead atoms. The SMILES string of the molecule is O=C(Cc1cc(Cl)c2c(c1)OCCO2)N1CCN(Cc2csc(-c3ccccc3)n2)CC1. The van der Waals surface area contributed by atoms with Crippen molar-refractivity contribution in [3.63, 3.8) is 0 Å². The highest BCUT2D eigenvalue weighted by Gasteiger charge is 2.23. The lowest BCUT2D eigenvalue weighted by atomic mass is 10.1. The number of ether oxygens (including phenoxy) is 2. The van der Waals surface area contributed by atoms with Gasteiger partial charge in [-0.15, -0.1) is 11.3 Å². The van der Waals surface area contributed by atoms with E-state index in [9.17, 15) is 4.79 Å². The Kier molecular flexibility index (Phi) is 6.30. The molecule has 1 fully saturated rings. The quantitative estimate of drug-likeness (QED) is 0.562. The van der Waals surface area contributed by atoms with Crippen molar-refractivity contribution in [1.82, 2.24) is 14.8 Å². The Hall–Kier alpha value is -2.61. The summed E-state index contributed by atoms with van der Waals surface area (Å²) in [6.07, 6.45) is 0.308.